The quantitative estimate of drug-likeness (QED) is 0.702. The fourth-order valence-corrected chi connectivity index (χ4v) is 2.89. The molecule has 0 saturated carbocycles. The molecule has 1 fully saturated rings. The molecule has 8 heteroatoms. The lowest BCUT2D eigenvalue weighted by Crippen LogP contribution is -2.24. The smallest absolute Gasteiger partial charge is 0.223 e. The van der Waals surface area contributed by atoms with Crippen LogP contribution in [0, 0.1) is 6.92 Å². The Morgan fingerprint density at radius 3 is 2.95 bits per heavy atom. The molecule has 3 rings (SSSR count). The van der Waals surface area contributed by atoms with Crippen molar-refractivity contribution in [3.8, 4) is 0 Å². The summed E-state index contributed by atoms with van der Waals surface area (Å²) in [7, 11) is 0. The number of rotatable bonds is 2. The molecule has 1 saturated heterocycles. The third-order valence-electron chi connectivity index (χ3n) is 3.53. The van der Waals surface area contributed by atoms with Gasteiger partial charge in [-0.05, 0) is 12.5 Å². The average Bonchev–Trinajstić information content (AvgIpc) is 2.90. The molecule has 0 bridgehead atoms. The Balaban J connectivity index is 2.09. The number of hydrogen-bond donors (Lipinski definition) is 3. The summed E-state index contributed by atoms with van der Waals surface area (Å²) in [4.78, 5) is 8.14. The van der Waals surface area contributed by atoms with E-state index < -0.39 is 18.4 Å². The molecule has 0 unspecified atom stereocenters. The van der Waals surface area contributed by atoms with E-state index in [1.54, 1.807) is 4.57 Å². The lowest BCUT2D eigenvalue weighted by Gasteiger charge is -2.14. The molecule has 0 aromatic carbocycles. The van der Waals surface area contributed by atoms with Gasteiger partial charge >= 0.3 is 0 Å². The number of fused-ring (bicyclic) bond motifs is 1. The van der Waals surface area contributed by atoms with Crippen molar-refractivity contribution in [3.63, 3.8) is 0 Å². The van der Waals surface area contributed by atoms with E-state index in [-0.39, 0.29) is 12.6 Å². The zero-order chi connectivity index (χ0) is 14.4. The number of aromatic nitrogens is 3. The zero-order valence-electron chi connectivity index (χ0n) is 10.8. The molecule has 108 valence electrons. The number of aryl methyl sites for hydroxylation is 1. The molecule has 1 aliphatic rings. The zero-order valence-corrected chi connectivity index (χ0v) is 11.6. The van der Waals surface area contributed by atoms with Crippen molar-refractivity contribution in [2.24, 2.45) is 0 Å². The maximum absolute atomic E-state index is 9.83. The van der Waals surface area contributed by atoms with Crippen molar-refractivity contribution in [2.75, 3.05) is 12.3 Å². The molecule has 0 spiro atoms. The van der Waals surface area contributed by atoms with E-state index in [9.17, 15) is 5.11 Å². The van der Waals surface area contributed by atoms with Crippen molar-refractivity contribution < 1.29 is 14.9 Å². The summed E-state index contributed by atoms with van der Waals surface area (Å²) in [5, 5.41) is 20.0. The standard InChI is InChI=1S/C12H15ClN4O3/c1-5-3-17(8-2-6(19)7(4-18)20-8)11-9(5)10(13)15-12(14)16-11/h3,6-8,18-19H,2,4H2,1H3,(H2,14,15,16)/t6-,7-,8-/m1/s1. The predicted molar refractivity (Wildman–Crippen MR) is 73.3 cm³/mol. The first-order valence-electron chi connectivity index (χ1n) is 6.25. The fraction of sp³-hybridized carbons (Fsp3) is 0.500. The molecule has 20 heavy (non-hydrogen) atoms. The van der Waals surface area contributed by atoms with Gasteiger partial charge in [-0.2, -0.15) is 4.98 Å². The van der Waals surface area contributed by atoms with E-state index >= 15 is 0 Å². The summed E-state index contributed by atoms with van der Waals surface area (Å²) in [6, 6.07) is 0. The van der Waals surface area contributed by atoms with E-state index in [0.717, 1.165) is 5.56 Å². The number of ether oxygens (including phenoxy) is 1. The fourth-order valence-electron chi connectivity index (χ4n) is 2.57. The number of nitrogen functional groups attached to an aromatic ring is 1. The van der Waals surface area contributed by atoms with Gasteiger partial charge in [-0.15, -0.1) is 0 Å². The largest absolute Gasteiger partial charge is 0.394 e. The molecule has 3 heterocycles. The van der Waals surface area contributed by atoms with Gasteiger partial charge in [0.25, 0.3) is 0 Å². The highest BCUT2D eigenvalue weighted by Gasteiger charge is 2.35. The van der Waals surface area contributed by atoms with Gasteiger partial charge in [-0.3, -0.25) is 0 Å². The van der Waals surface area contributed by atoms with Gasteiger partial charge < -0.3 is 25.3 Å². The van der Waals surface area contributed by atoms with E-state index in [1.807, 2.05) is 13.1 Å². The van der Waals surface area contributed by atoms with Gasteiger partial charge in [0.2, 0.25) is 5.95 Å². The van der Waals surface area contributed by atoms with Crippen LogP contribution in [-0.4, -0.2) is 43.6 Å². The lowest BCUT2D eigenvalue weighted by molar-refractivity contribution is -0.0430. The van der Waals surface area contributed by atoms with Gasteiger partial charge in [0.05, 0.1) is 18.1 Å². The van der Waals surface area contributed by atoms with Crippen LogP contribution in [0.4, 0.5) is 5.95 Å². The van der Waals surface area contributed by atoms with Crippen LogP contribution in [0.25, 0.3) is 11.0 Å². The van der Waals surface area contributed by atoms with E-state index in [2.05, 4.69) is 9.97 Å². The molecule has 2 aromatic heterocycles. The third kappa shape index (κ3) is 2.03. The number of nitrogens with zero attached hydrogens (tertiary/aromatic N) is 3. The van der Waals surface area contributed by atoms with Crippen LogP contribution < -0.4 is 5.73 Å². The van der Waals surface area contributed by atoms with Crippen LogP contribution in [0.5, 0.6) is 0 Å². The molecular formula is C12H15ClN4O3. The monoisotopic (exact) mass is 298 g/mol. The Hall–Kier alpha value is -1.41. The molecule has 0 aliphatic carbocycles. The van der Waals surface area contributed by atoms with Gasteiger partial charge in [-0.25, -0.2) is 4.98 Å². The van der Waals surface area contributed by atoms with Crippen LogP contribution in [-0.2, 0) is 4.74 Å². The van der Waals surface area contributed by atoms with E-state index in [1.165, 1.54) is 0 Å². The highest BCUT2D eigenvalue weighted by molar-refractivity contribution is 6.34. The Bertz CT molecular complexity index is 660. The van der Waals surface area contributed by atoms with E-state index in [4.69, 9.17) is 27.2 Å². The van der Waals surface area contributed by atoms with Crippen molar-refractivity contribution in [2.45, 2.75) is 31.8 Å². The maximum atomic E-state index is 9.83. The first-order chi connectivity index (χ1) is 9.51. The first-order valence-corrected chi connectivity index (χ1v) is 6.63. The van der Waals surface area contributed by atoms with Crippen molar-refractivity contribution in [1.29, 1.82) is 0 Å². The molecule has 4 N–H and O–H groups in total. The van der Waals surface area contributed by atoms with Crippen molar-refractivity contribution in [3.05, 3.63) is 16.9 Å². The second-order valence-electron chi connectivity index (χ2n) is 4.91. The Labute approximate surface area is 120 Å². The molecule has 7 nitrogen and oxygen atoms in total. The molecule has 2 aromatic rings. The summed E-state index contributed by atoms with van der Waals surface area (Å²) in [5.41, 5.74) is 7.10. The average molecular weight is 299 g/mol. The van der Waals surface area contributed by atoms with Crippen LogP contribution in [0.3, 0.4) is 0 Å². The molecule has 0 amide bonds. The van der Waals surface area contributed by atoms with E-state index in [0.29, 0.717) is 22.6 Å². The highest BCUT2D eigenvalue weighted by Crippen LogP contribution is 2.34. The highest BCUT2D eigenvalue weighted by atomic mass is 35.5. The number of halogens is 1. The Morgan fingerprint density at radius 2 is 2.30 bits per heavy atom. The summed E-state index contributed by atoms with van der Waals surface area (Å²) in [5.74, 6) is 0.0825. The van der Waals surface area contributed by atoms with Gasteiger partial charge in [0.15, 0.2) is 0 Å². The topological polar surface area (TPSA) is 106 Å². The van der Waals surface area contributed by atoms with Gasteiger partial charge in [0.1, 0.15) is 23.1 Å². The van der Waals surface area contributed by atoms with Crippen LogP contribution in [0.2, 0.25) is 5.15 Å². The number of hydrogen-bond acceptors (Lipinski definition) is 6. The van der Waals surface area contributed by atoms with Crippen LogP contribution >= 0.6 is 11.6 Å². The Morgan fingerprint density at radius 1 is 1.55 bits per heavy atom. The van der Waals surface area contributed by atoms with Crippen LogP contribution in [0.1, 0.15) is 18.2 Å². The lowest BCUT2D eigenvalue weighted by atomic mass is 10.2. The molecule has 0 radical (unpaired) electrons. The Kier molecular flexibility index (Phi) is 3.29. The van der Waals surface area contributed by atoms with Crippen LogP contribution in [0.15, 0.2) is 6.20 Å². The molecule has 1 aliphatic heterocycles. The summed E-state index contributed by atoms with van der Waals surface area (Å²) < 4.78 is 7.40. The predicted octanol–water partition coefficient (Wildman–Crippen LogP) is 0.616. The molecular weight excluding hydrogens is 284 g/mol. The van der Waals surface area contributed by atoms with Crippen molar-refractivity contribution in [1.82, 2.24) is 14.5 Å². The number of aliphatic hydroxyl groups excluding tert-OH is 2. The second-order valence-corrected chi connectivity index (χ2v) is 5.26. The van der Waals surface area contributed by atoms with Gasteiger partial charge in [0, 0.05) is 12.6 Å². The summed E-state index contributed by atoms with van der Waals surface area (Å²) in [6.07, 6.45) is 0.492. The minimum absolute atomic E-state index is 0.0825. The molecule has 3 atom stereocenters. The second kappa shape index (κ2) is 4.85. The normalized spacial score (nSPS) is 26.5. The third-order valence-corrected chi connectivity index (χ3v) is 3.80. The number of aliphatic hydroxyl groups is 2. The van der Waals surface area contributed by atoms with Crippen molar-refractivity contribution >= 4 is 28.6 Å². The number of nitrogens with two attached hydrogens (primary N) is 1. The summed E-state index contributed by atoms with van der Waals surface area (Å²) in [6.45, 7) is 1.66. The number of anilines is 1. The summed E-state index contributed by atoms with van der Waals surface area (Å²) >= 11 is 6.10. The SMILES string of the molecule is Cc1cn([C@H]2C[C@@H](O)[C@@H](CO)O2)c2nc(N)nc(Cl)c12. The first kappa shape index (κ1) is 13.6. The maximum Gasteiger partial charge on any atom is 0.223 e. The minimum atomic E-state index is -0.711. The minimum Gasteiger partial charge on any atom is -0.394 e. The van der Waals surface area contributed by atoms with Gasteiger partial charge in [-0.1, -0.05) is 11.6 Å².